The second-order valence-electron chi connectivity index (χ2n) is 9.62. The highest BCUT2D eigenvalue weighted by Crippen LogP contribution is 2.64. The maximum atomic E-state index is 13.8. The Morgan fingerprint density at radius 2 is 0.415 bits per heavy atom. The predicted molar refractivity (Wildman–Crippen MR) is 100 cm³/mol. The van der Waals surface area contributed by atoms with Crippen LogP contribution < -0.4 is 0 Å². The third kappa shape index (κ3) is 7.41. The lowest BCUT2D eigenvalue weighted by Crippen LogP contribution is -2.73. The van der Waals surface area contributed by atoms with Crippen LogP contribution in [-0.4, -0.2) is 112 Å². The fourth-order valence-corrected chi connectivity index (χ4v) is 5.73. The molecule has 0 aromatic heterocycles. The molecule has 0 N–H and O–H groups in total. The average molecular weight is 910 g/mol. The van der Waals surface area contributed by atoms with Crippen LogP contribution in [0.5, 0.6) is 0 Å². The Morgan fingerprint density at radius 1 is 0.264 bits per heavy atom. The average Bonchev–Trinajstić information content (AvgIpc) is 2.83. The maximum absolute atomic E-state index is 13.8. The summed E-state index contributed by atoms with van der Waals surface area (Å²) in [6.45, 7) is 0. The van der Waals surface area contributed by atoms with Gasteiger partial charge in [-0.3, -0.25) is 0 Å². The lowest BCUT2D eigenvalue weighted by atomic mass is 9.91. The normalized spacial score (nSPS) is 17.0. The van der Waals surface area contributed by atoms with Crippen LogP contribution in [0, 0.1) is 0 Å². The van der Waals surface area contributed by atoms with Crippen LogP contribution in [0.25, 0.3) is 0 Å². The van der Waals surface area contributed by atoms with Gasteiger partial charge >= 0.3 is 83.4 Å². The van der Waals surface area contributed by atoms with Crippen molar-refractivity contribution in [1.82, 2.24) is 0 Å². The Kier molecular flexibility index (Phi) is 12.1. The molecule has 0 radical (unpaired) electrons. The minimum Gasteiger partial charge on any atom is -0.198 e. The molecule has 0 spiro atoms. The molecule has 0 saturated heterocycles. The first-order chi connectivity index (χ1) is 22.1. The molecule has 0 heterocycles. The molecular formula is C16H4F30O5S2. The van der Waals surface area contributed by atoms with Crippen LogP contribution in [0.4, 0.5) is 132 Å². The molecule has 53 heavy (non-hydrogen) atoms. The molecule has 0 aliphatic rings. The SMILES string of the molecule is O=S(=O)(CC(F)(F)C(F)(F)C(F)(F)C(F)(F)C(F)(F)C(F)(F)C(F)(F)F)OS(=O)(=O)CC(F)(F)C(F)(F)C(F)(F)C(F)(F)C(F)(F)C(F)(F)C(F)(F)F. The van der Waals surface area contributed by atoms with E-state index in [0.29, 0.717) is 0 Å². The molecule has 0 unspecified atom stereocenters. The third-order valence-corrected chi connectivity index (χ3v) is 8.80. The van der Waals surface area contributed by atoms with Crippen LogP contribution in [-0.2, 0) is 23.9 Å². The van der Waals surface area contributed by atoms with Crippen molar-refractivity contribution < 1.29 is 152 Å². The molecule has 0 amide bonds. The van der Waals surface area contributed by atoms with E-state index in [1.165, 1.54) is 0 Å². The third-order valence-electron chi connectivity index (χ3n) is 5.71. The Labute approximate surface area is 268 Å². The van der Waals surface area contributed by atoms with E-state index in [4.69, 9.17) is 0 Å². The summed E-state index contributed by atoms with van der Waals surface area (Å²) < 4.78 is 441. The van der Waals surface area contributed by atoms with Crippen LogP contribution in [0.2, 0.25) is 0 Å². The van der Waals surface area contributed by atoms with Crippen molar-refractivity contribution in [1.29, 1.82) is 0 Å². The maximum Gasteiger partial charge on any atom is 0.460 e. The Bertz CT molecular complexity index is 1450. The topological polar surface area (TPSA) is 77.5 Å². The molecule has 0 aliphatic carbocycles. The largest absolute Gasteiger partial charge is 0.460 e. The first-order valence-corrected chi connectivity index (χ1v) is 14.1. The van der Waals surface area contributed by atoms with Gasteiger partial charge in [-0.25, -0.2) is 0 Å². The molecular weight excluding hydrogens is 906 g/mol. The summed E-state index contributed by atoms with van der Waals surface area (Å²) in [5, 5.41) is 0. The van der Waals surface area contributed by atoms with Gasteiger partial charge in [-0.15, -0.1) is 3.63 Å². The predicted octanol–water partition coefficient (Wildman–Crippen LogP) is 8.41. The van der Waals surface area contributed by atoms with Crippen LogP contribution in [0.1, 0.15) is 0 Å². The van der Waals surface area contributed by atoms with Crippen molar-refractivity contribution in [2.24, 2.45) is 0 Å². The van der Waals surface area contributed by atoms with Crippen molar-refractivity contribution in [2.75, 3.05) is 11.5 Å². The van der Waals surface area contributed by atoms with Crippen LogP contribution in [0.15, 0.2) is 0 Å². The zero-order valence-electron chi connectivity index (χ0n) is 22.6. The Hall–Kier alpha value is -2.24. The lowest BCUT2D eigenvalue weighted by Gasteiger charge is -2.41. The summed E-state index contributed by atoms with van der Waals surface area (Å²) in [5.74, 6) is -115. The fraction of sp³-hybridized carbons (Fsp3) is 1.00. The van der Waals surface area contributed by atoms with Gasteiger partial charge in [-0.2, -0.15) is 149 Å². The first kappa shape index (κ1) is 50.8. The van der Waals surface area contributed by atoms with Crippen molar-refractivity contribution in [3.8, 4) is 0 Å². The monoisotopic (exact) mass is 910 g/mol. The second kappa shape index (κ2) is 12.6. The molecule has 37 heteroatoms. The molecule has 0 aromatic carbocycles. The quantitative estimate of drug-likeness (QED) is 0.146. The zero-order valence-corrected chi connectivity index (χ0v) is 24.2. The van der Waals surface area contributed by atoms with Crippen molar-refractivity contribution in [2.45, 2.75) is 83.4 Å². The minimum absolute atomic E-state index is 2.04. The minimum atomic E-state index is -9.12. The Morgan fingerprint density at radius 3 is 0.585 bits per heavy atom. The van der Waals surface area contributed by atoms with Gasteiger partial charge < -0.3 is 0 Å². The molecule has 5 nitrogen and oxygen atoms in total. The molecule has 0 saturated carbocycles. The summed E-state index contributed by atoms with van der Waals surface area (Å²) in [5.41, 5.74) is 0. The number of alkyl halides is 30. The zero-order chi connectivity index (χ0) is 44.1. The first-order valence-electron chi connectivity index (χ1n) is 11.0. The van der Waals surface area contributed by atoms with Crippen molar-refractivity contribution >= 4 is 20.2 Å². The summed E-state index contributed by atoms with van der Waals surface area (Å²) >= 11 is 0. The molecule has 0 aliphatic heterocycles. The van der Waals surface area contributed by atoms with Crippen LogP contribution in [0.3, 0.4) is 0 Å². The van der Waals surface area contributed by atoms with Crippen molar-refractivity contribution in [3.63, 3.8) is 0 Å². The van der Waals surface area contributed by atoms with E-state index in [1.807, 2.05) is 3.63 Å². The van der Waals surface area contributed by atoms with E-state index in [-0.39, 0.29) is 0 Å². The molecule has 0 aromatic rings. The Balaban J connectivity index is 6.86. The van der Waals surface area contributed by atoms with E-state index >= 15 is 0 Å². The summed E-state index contributed by atoms with van der Waals surface area (Å²) in [4.78, 5) is 0. The van der Waals surface area contributed by atoms with E-state index < -0.39 is 115 Å². The molecule has 0 rings (SSSR count). The van der Waals surface area contributed by atoms with Crippen molar-refractivity contribution in [3.05, 3.63) is 0 Å². The van der Waals surface area contributed by atoms with Gasteiger partial charge in [0.1, 0.15) is 11.5 Å². The van der Waals surface area contributed by atoms with Crippen LogP contribution >= 0.6 is 0 Å². The summed E-state index contributed by atoms with van der Waals surface area (Å²) in [6, 6.07) is 0. The number of rotatable bonds is 16. The highest BCUT2D eigenvalue weighted by molar-refractivity contribution is 7.99. The number of halogens is 30. The standard InChI is InChI=1S/C16H4F30O5S2/c17-3(18,5(21,22)7(25,26)9(29,30)11(33,34)13(37,38)15(41,42)43)1-52(47,48)51-53(49,50)2-4(19,20)6(23,24)8(27,28)10(31,32)12(35,36)14(39,40)16(44,45)46/h1-2H2. The molecule has 320 valence electrons. The van der Waals surface area contributed by atoms with Gasteiger partial charge in [0.05, 0.1) is 0 Å². The van der Waals surface area contributed by atoms with E-state index in [2.05, 4.69) is 0 Å². The molecule has 0 fully saturated rings. The van der Waals surface area contributed by atoms with Gasteiger partial charge in [-0.05, 0) is 0 Å². The van der Waals surface area contributed by atoms with Gasteiger partial charge in [0.15, 0.2) is 0 Å². The van der Waals surface area contributed by atoms with E-state index in [0.717, 1.165) is 0 Å². The van der Waals surface area contributed by atoms with Gasteiger partial charge in [0, 0.05) is 0 Å². The second-order valence-corrected chi connectivity index (χ2v) is 13.0. The number of hydrogen-bond donors (Lipinski definition) is 0. The smallest absolute Gasteiger partial charge is 0.198 e. The highest BCUT2D eigenvalue weighted by atomic mass is 32.3. The summed E-state index contributed by atoms with van der Waals surface area (Å²) in [6.07, 6.45) is -16.3. The van der Waals surface area contributed by atoms with E-state index in [1.54, 1.807) is 0 Å². The lowest BCUT2D eigenvalue weighted by molar-refractivity contribution is -0.451. The molecule has 0 atom stereocenters. The fourth-order valence-electron chi connectivity index (χ4n) is 2.83. The van der Waals surface area contributed by atoms with Gasteiger partial charge in [0.2, 0.25) is 0 Å². The van der Waals surface area contributed by atoms with Gasteiger partial charge in [0.25, 0.3) is 20.2 Å². The highest BCUT2D eigenvalue weighted by Gasteiger charge is 2.95. The number of hydrogen-bond acceptors (Lipinski definition) is 5. The van der Waals surface area contributed by atoms with Gasteiger partial charge in [-0.1, -0.05) is 0 Å². The summed E-state index contributed by atoms with van der Waals surface area (Å²) in [7, 11) is -16.2. The van der Waals surface area contributed by atoms with E-state index in [9.17, 15) is 149 Å². The molecule has 0 bridgehead atoms.